The molecule has 0 spiro atoms. The van der Waals surface area contributed by atoms with Crippen molar-refractivity contribution >= 4 is 11.8 Å². The van der Waals surface area contributed by atoms with E-state index in [0.717, 1.165) is 41.5 Å². The van der Waals surface area contributed by atoms with Crippen LogP contribution in [0.5, 0.6) is 11.5 Å². The molecule has 0 amide bonds. The van der Waals surface area contributed by atoms with Crippen LogP contribution in [-0.2, 0) is 4.74 Å². The summed E-state index contributed by atoms with van der Waals surface area (Å²) in [6.45, 7) is 3.96. The second-order valence-corrected chi connectivity index (χ2v) is 5.97. The lowest BCUT2D eigenvalue weighted by Crippen LogP contribution is -2.32. The fourth-order valence-electron chi connectivity index (χ4n) is 3.13. The van der Waals surface area contributed by atoms with Gasteiger partial charge in [0.15, 0.2) is 0 Å². The highest BCUT2D eigenvalue weighted by Gasteiger charge is 2.28. The summed E-state index contributed by atoms with van der Waals surface area (Å²) in [6.07, 6.45) is 0.908. The van der Waals surface area contributed by atoms with E-state index in [1.807, 2.05) is 31.2 Å². The maximum absolute atomic E-state index is 5.87. The van der Waals surface area contributed by atoms with Crippen molar-refractivity contribution in [3.05, 3.63) is 35.5 Å². The fourth-order valence-corrected chi connectivity index (χ4v) is 3.13. The SMILES string of the molecule is COc1ccc(OC)c(C2COCCCN2c2cc(C)nc(N)n2)c1. The highest BCUT2D eigenvalue weighted by Crippen LogP contribution is 2.36. The summed E-state index contributed by atoms with van der Waals surface area (Å²) in [6, 6.07) is 7.68. The number of ether oxygens (including phenoxy) is 3. The van der Waals surface area contributed by atoms with Crippen LogP contribution in [0.1, 0.15) is 23.7 Å². The molecule has 1 fully saturated rings. The lowest BCUT2D eigenvalue weighted by Gasteiger charge is -2.32. The monoisotopic (exact) mass is 344 g/mol. The van der Waals surface area contributed by atoms with Crippen LogP contribution in [0.2, 0.25) is 0 Å². The first kappa shape index (κ1) is 17.3. The van der Waals surface area contributed by atoms with Crippen LogP contribution >= 0.6 is 0 Å². The smallest absolute Gasteiger partial charge is 0.222 e. The first-order chi connectivity index (χ1) is 12.1. The number of aryl methyl sites for hydroxylation is 1. The highest BCUT2D eigenvalue weighted by molar-refractivity contribution is 5.50. The zero-order valence-electron chi connectivity index (χ0n) is 14.9. The number of rotatable bonds is 4. The Bertz CT molecular complexity index is 718. The van der Waals surface area contributed by atoms with Crippen LogP contribution in [0.4, 0.5) is 11.8 Å². The molecule has 134 valence electrons. The number of methoxy groups -OCH3 is 2. The first-order valence-electron chi connectivity index (χ1n) is 8.30. The number of nitrogens with zero attached hydrogens (tertiary/aromatic N) is 3. The molecule has 1 saturated heterocycles. The summed E-state index contributed by atoms with van der Waals surface area (Å²) in [4.78, 5) is 10.8. The van der Waals surface area contributed by atoms with Gasteiger partial charge in [-0.1, -0.05) is 0 Å². The molecule has 0 saturated carbocycles. The zero-order valence-corrected chi connectivity index (χ0v) is 14.9. The van der Waals surface area contributed by atoms with E-state index in [-0.39, 0.29) is 12.0 Å². The van der Waals surface area contributed by atoms with Gasteiger partial charge in [0.05, 0.1) is 26.9 Å². The summed E-state index contributed by atoms with van der Waals surface area (Å²) < 4.78 is 16.8. The van der Waals surface area contributed by atoms with E-state index >= 15 is 0 Å². The van der Waals surface area contributed by atoms with E-state index in [1.165, 1.54) is 0 Å². The Labute approximate surface area is 147 Å². The van der Waals surface area contributed by atoms with Crippen molar-refractivity contribution in [1.29, 1.82) is 0 Å². The van der Waals surface area contributed by atoms with E-state index < -0.39 is 0 Å². The van der Waals surface area contributed by atoms with Crippen molar-refractivity contribution in [2.75, 3.05) is 44.6 Å². The molecule has 1 aromatic heterocycles. The maximum Gasteiger partial charge on any atom is 0.222 e. The van der Waals surface area contributed by atoms with Gasteiger partial charge in [0.2, 0.25) is 5.95 Å². The van der Waals surface area contributed by atoms with Crippen molar-refractivity contribution < 1.29 is 14.2 Å². The van der Waals surface area contributed by atoms with Crippen LogP contribution in [0.3, 0.4) is 0 Å². The lowest BCUT2D eigenvalue weighted by molar-refractivity contribution is 0.133. The molecule has 1 aliphatic rings. The molecular weight excluding hydrogens is 320 g/mol. The van der Waals surface area contributed by atoms with E-state index in [0.29, 0.717) is 13.2 Å². The van der Waals surface area contributed by atoms with Crippen LogP contribution in [0.25, 0.3) is 0 Å². The number of anilines is 2. The summed E-state index contributed by atoms with van der Waals surface area (Å²) in [5.41, 5.74) is 7.70. The van der Waals surface area contributed by atoms with Crippen molar-refractivity contribution in [2.24, 2.45) is 0 Å². The molecular formula is C18H24N4O3. The van der Waals surface area contributed by atoms with E-state index in [1.54, 1.807) is 14.2 Å². The number of hydrogen-bond acceptors (Lipinski definition) is 7. The quantitative estimate of drug-likeness (QED) is 0.911. The standard InChI is InChI=1S/C18H24N4O3/c1-12-9-17(21-18(19)20-12)22-7-4-8-25-11-15(22)14-10-13(23-2)5-6-16(14)24-3/h5-6,9-10,15H,4,7-8,11H2,1-3H3,(H2,19,20,21). The molecule has 0 aliphatic carbocycles. The summed E-state index contributed by atoms with van der Waals surface area (Å²) >= 11 is 0. The predicted molar refractivity (Wildman–Crippen MR) is 96.3 cm³/mol. The van der Waals surface area contributed by atoms with Gasteiger partial charge in [0.1, 0.15) is 17.3 Å². The second-order valence-electron chi connectivity index (χ2n) is 5.97. The first-order valence-corrected chi connectivity index (χ1v) is 8.30. The minimum absolute atomic E-state index is 0.0544. The third-order valence-electron chi connectivity index (χ3n) is 4.29. The van der Waals surface area contributed by atoms with Gasteiger partial charge in [0, 0.05) is 30.5 Å². The van der Waals surface area contributed by atoms with E-state index in [2.05, 4.69) is 14.9 Å². The van der Waals surface area contributed by atoms with Crippen molar-refractivity contribution in [3.63, 3.8) is 0 Å². The molecule has 25 heavy (non-hydrogen) atoms. The third kappa shape index (κ3) is 3.76. The highest BCUT2D eigenvalue weighted by atomic mass is 16.5. The molecule has 7 nitrogen and oxygen atoms in total. The minimum Gasteiger partial charge on any atom is -0.497 e. The van der Waals surface area contributed by atoms with Gasteiger partial charge in [-0.2, -0.15) is 4.98 Å². The molecule has 0 radical (unpaired) electrons. The predicted octanol–water partition coefficient (Wildman–Crippen LogP) is 2.35. The summed E-state index contributed by atoms with van der Waals surface area (Å²) in [5, 5.41) is 0. The van der Waals surface area contributed by atoms with Crippen LogP contribution < -0.4 is 20.1 Å². The van der Waals surface area contributed by atoms with Crippen molar-refractivity contribution in [1.82, 2.24) is 9.97 Å². The number of hydrogen-bond donors (Lipinski definition) is 1. The Morgan fingerprint density at radius 2 is 2.04 bits per heavy atom. The Morgan fingerprint density at radius 1 is 1.20 bits per heavy atom. The van der Waals surface area contributed by atoms with Gasteiger partial charge >= 0.3 is 0 Å². The molecule has 3 rings (SSSR count). The molecule has 1 atom stereocenters. The maximum atomic E-state index is 5.87. The number of aromatic nitrogens is 2. The minimum atomic E-state index is -0.0544. The molecule has 0 bridgehead atoms. The van der Waals surface area contributed by atoms with Gasteiger partial charge in [-0.3, -0.25) is 0 Å². The molecule has 1 aliphatic heterocycles. The van der Waals surface area contributed by atoms with Gasteiger partial charge < -0.3 is 24.8 Å². The van der Waals surface area contributed by atoms with Gasteiger partial charge in [0.25, 0.3) is 0 Å². The lowest BCUT2D eigenvalue weighted by atomic mass is 10.0. The fraction of sp³-hybridized carbons (Fsp3) is 0.444. The Morgan fingerprint density at radius 3 is 2.76 bits per heavy atom. The summed E-state index contributed by atoms with van der Waals surface area (Å²) in [5.74, 6) is 2.64. The van der Waals surface area contributed by atoms with Crippen molar-refractivity contribution in [2.45, 2.75) is 19.4 Å². The zero-order chi connectivity index (χ0) is 17.8. The van der Waals surface area contributed by atoms with Gasteiger partial charge in [-0.15, -0.1) is 0 Å². The van der Waals surface area contributed by atoms with Crippen LogP contribution in [0.15, 0.2) is 24.3 Å². The number of nitrogen functional groups attached to an aromatic ring is 1. The van der Waals surface area contributed by atoms with E-state index in [9.17, 15) is 0 Å². The Hall–Kier alpha value is -2.54. The van der Waals surface area contributed by atoms with Crippen LogP contribution in [0, 0.1) is 6.92 Å². The molecule has 2 heterocycles. The average Bonchev–Trinajstić information content (AvgIpc) is 2.86. The molecule has 1 unspecified atom stereocenters. The molecule has 7 heteroatoms. The average molecular weight is 344 g/mol. The molecule has 1 aromatic carbocycles. The van der Waals surface area contributed by atoms with Gasteiger partial charge in [-0.25, -0.2) is 4.98 Å². The topological polar surface area (TPSA) is 82.7 Å². The van der Waals surface area contributed by atoms with E-state index in [4.69, 9.17) is 19.9 Å². The molecule has 2 N–H and O–H groups in total. The largest absolute Gasteiger partial charge is 0.497 e. The second kappa shape index (κ2) is 7.57. The third-order valence-corrected chi connectivity index (χ3v) is 4.29. The Kier molecular flexibility index (Phi) is 5.23. The number of nitrogens with two attached hydrogens (primary N) is 1. The van der Waals surface area contributed by atoms with Crippen LogP contribution in [-0.4, -0.2) is 43.9 Å². The Balaban J connectivity index is 2.07. The van der Waals surface area contributed by atoms with Gasteiger partial charge in [-0.05, 0) is 31.5 Å². The number of benzene rings is 1. The normalized spacial score (nSPS) is 17.9. The summed E-state index contributed by atoms with van der Waals surface area (Å²) in [7, 11) is 3.32. The molecule has 2 aromatic rings. The van der Waals surface area contributed by atoms with Crippen molar-refractivity contribution in [3.8, 4) is 11.5 Å².